The van der Waals surface area contributed by atoms with Crippen LogP contribution < -0.4 is 4.74 Å². The van der Waals surface area contributed by atoms with Gasteiger partial charge in [0.25, 0.3) is 0 Å². The van der Waals surface area contributed by atoms with Crippen molar-refractivity contribution in [1.29, 1.82) is 0 Å². The zero-order chi connectivity index (χ0) is 21.0. The molecule has 0 amide bonds. The second kappa shape index (κ2) is 8.41. The first-order valence-electron chi connectivity index (χ1n) is 9.74. The van der Waals surface area contributed by atoms with Gasteiger partial charge in [-0.1, -0.05) is 60.7 Å². The van der Waals surface area contributed by atoms with Gasteiger partial charge in [-0.25, -0.2) is 9.79 Å². The molecule has 0 unspecified atom stereocenters. The molecule has 0 bridgehead atoms. The summed E-state index contributed by atoms with van der Waals surface area (Å²) in [5.41, 5.74) is 1.32. The lowest BCUT2D eigenvalue weighted by molar-refractivity contribution is -0.149. The highest BCUT2D eigenvalue weighted by molar-refractivity contribution is 5.99. The van der Waals surface area contributed by atoms with E-state index < -0.39 is 17.6 Å². The molecule has 0 aromatic heterocycles. The van der Waals surface area contributed by atoms with Crippen LogP contribution in [0.5, 0.6) is 5.75 Å². The van der Waals surface area contributed by atoms with Crippen LogP contribution in [-0.4, -0.2) is 31.6 Å². The highest BCUT2D eigenvalue weighted by atomic mass is 16.5. The molecule has 0 spiro atoms. The lowest BCUT2D eigenvalue weighted by atomic mass is 9.83. The molecule has 1 heterocycles. The third kappa shape index (κ3) is 3.66. The molecule has 30 heavy (non-hydrogen) atoms. The number of methoxy groups -OCH3 is 2. The van der Waals surface area contributed by atoms with Crippen LogP contribution in [0, 0.1) is 0 Å². The predicted molar refractivity (Wildman–Crippen MR) is 115 cm³/mol. The Morgan fingerprint density at radius 1 is 0.967 bits per heavy atom. The van der Waals surface area contributed by atoms with E-state index in [-0.39, 0.29) is 0 Å². The summed E-state index contributed by atoms with van der Waals surface area (Å²) < 4.78 is 17.0. The maximum Gasteiger partial charge on any atom is 0.338 e. The van der Waals surface area contributed by atoms with Gasteiger partial charge >= 0.3 is 5.97 Å². The molecular weight excluding hydrogens is 378 g/mol. The quantitative estimate of drug-likeness (QED) is 0.576. The minimum atomic E-state index is -1.26. The third-order valence-electron chi connectivity index (χ3n) is 5.24. The van der Waals surface area contributed by atoms with E-state index in [9.17, 15) is 4.79 Å². The van der Waals surface area contributed by atoms with Gasteiger partial charge in [-0.15, -0.1) is 0 Å². The van der Waals surface area contributed by atoms with E-state index in [1.54, 1.807) is 7.11 Å². The van der Waals surface area contributed by atoms with E-state index in [1.807, 2.05) is 84.9 Å². The van der Waals surface area contributed by atoms with E-state index >= 15 is 0 Å². The minimum Gasteiger partial charge on any atom is -0.497 e. The zero-order valence-corrected chi connectivity index (χ0v) is 16.9. The number of carbonyl (C=O) groups is 1. The zero-order valence-electron chi connectivity index (χ0n) is 16.9. The molecular formula is C25H23NO4. The lowest BCUT2D eigenvalue weighted by Crippen LogP contribution is -2.44. The molecule has 0 saturated heterocycles. The van der Waals surface area contributed by atoms with Crippen LogP contribution in [-0.2, 0) is 20.7 Å². The number of nitrogens with zero attached hydrogens (tertiary/aromatic N) is 1. The Balaban J connectivity index is 1.86. The Labute approximate surface area is 175 Å². The molecule has 0 N–H and O–H groups in total. The van der Waals surface area contributed by atoms with E-state index in [0.29, 0.717) is 18.1 Å². The molecule has 3 aromatic rings. The van der Waals surface area contributed by atoms with Gasteiger partial charge in [0.1, 0.15) is 5.75 Å². The Hall–Kier alpha value is -3.60. The average molecular weight is 401 g/mol. The van der Waals surface area contributed by atoms with Crippen molar-refractivity contribution in [3.63, 3.8) is 0 Å². The topological polar surface area (TPSA) is 57.1 Å². The van der Waals surface area contributed by atoms with Crippen molar-refractivity contribution in [1.82, 2.24) is 0 Å². The number of ether oxygens (including phenoxy) is 3. The summed E-state index contributed by atoms with van der Waals surface area (Å²) in [6.07, 6.45) is -0.311. The van der Waals surface area contributed by atoms with Gasteiger partial charge in [-0.3, -0.25) is 0 Å². The monoisotopic (exact) mass is 401 g/mol. The Kier molecular flexibility index (Phi) is 5.53. The van der Waals surface area contributed by atoms with Gasteiger partial charge in [-0.2, -0.15) is 0 Å². The van der Waals surface area contributed by atoms with Crippen LogP contribution in [0.15, 0.2) is 89.9 Å². The number of carbonyl (C=O) groups excluding carboxylic acids is 1. The minimum absolute atomic E-state index is 0.346. The van der Waals surface area contributed by atoms with Crippen LogP contribution >= 0.6 is 0 Å². The molecule has 3 aromatic carbocycles. The van der Waals surface area contributed by atoms with Gasteiger partial charge in [0, 0.05) is 12.0 Å². The normalized spacial score (nSPS) is 20.2. The fraction of sp³-hybridized carbons (Fsp3) is 0.200. The lowest BCUT2D eigenvalue weighted by Gasteiger charge is -2.29. The van der Waals surface area contributed by atoms with Crippen molar-refractivity contribution in [3.8, 4) is 5.75 Å². The van der Waals surface area contributed by atoms with Gasteiger partial charge in [-0.05, 0) is 35.4 Å². The Morgan fingerprint density at radius 3 is 2.33 bits per heavy atom. The molecule has 0 saturated carbocycles. The second-order valence-electron chi connectivity index (χ2n) is 7.14. The smallest absolute Gasteiger partial charge is 0.338 e. The predicted octanol–water partition coefficient (Wildman–Crippen LogP) is 4.37. The number of hydrogen-bond donors (Lipinski definition) is 0. The SMILES string of the molecule is COC(=O)[C@@]1(Cc2ccccc2)N=C(c2ccccc2)O[C@H]1c1cccc(OC)c1. The van der Waals surface area contributed by atoms with Crippen molar-refractivity contribution in [3.05, 3.63) is 102 Å². The molecule has 4 rings (SSSR count). The van der Waals surface area contributed by atoms with Gasteiger partial charge < -0.3 is 14.2 Å². The second-order valence-corrected chi connectivity index (χ2v) is 7.14. The van der Waals surface area contributed by atoms with Crippen LogP contribution in [0.3, 0.4) is 0 Å². The molecule has 1 aliphatic rings. The van der Waals surface area contributed by atoms with Crippen molar-refractivity contribution in [2.24, 2.45) is 4.99 Å². The van der Waals surface area contributed by atoms with E-state index in [4.69, 9.17) is 19.2 Å². The maximum absolute atomic E-state index is 13.2. The molecule has 5 nitrogen and oxygen atoms in total. The molecule has 152 valence electrons. The van der Waals surface area contributed by atoms with Crippen molar-refractivity contribution in [2.75, 3.05) is 14.2 Å². The van der Waals surface area contributed by atoms with Crippen molar-refractivity contribution in [2.45, 2.75) is 18.1 Å². The molecule has 0 radical (unpaired) electrons. The van der Waals surface area contributed by atoms with Crippen LogP contribution in [0.4, 0.5) is 0 Å². The van der Waals surface area contributed by atoms with Crippen LogP contribution in [0.25, 0.3) is 0 Å². The van der Waals surface area contributed by atoms with Crippen molar-refractivity contribution < 1.29 is 19.0 Å². The van der Waals surface area contributed by atoms with Crippen molar-refractivity contribution >= 4 is 11.9 Å². The number of rotatable bonds is 6. The first-order valence-corrected chi connectivity index (χ1v) is 9.74. The fourth-order valence-corrected chi connectivity index (χ4v) is 3.78. The first kappa shape index (κ1) is 19.7. The first-order chi connectivity index (χ1) is 14.7. The van der Waals surface area contributed by atoms with Gasteiger partial charge in [0.15, 0.2) is 6.10 Å². The highest BCUT2D eigenvalue weighted by Gasteiger charge is 2.54. The van der Waals surface area contributed by atoms with E-state index in [0.717, 1.165) is 16.7 Å². The summed E-state index contributed by atoms with van der Waals surface area (Å²) in [5.74, 6) is 0.664. The number of benzene rings is 3. The number of esters is 1. The molecule has 1 aliphatic heterocycles. The summed E-state index contributed by atoms with van der Waals surface area (Å²) in [4.78, 5) is 18.1. The Morgan fingerprint density at radius 2 is 1.67 bits per heavy atom. The van der Waals surface area contributed by atoms with Gasteiger partial charge in [0.05, 0.1) is 14.2 Å². The highest BCUT2D eigenvalue weighted by Crippen LogP contribution is 2.43. The molecule has 5 heteroatoms. The van der Waals surface area contributed by atoms with Crippen LogP contribution in [0.2, 0.25) is 0 Å². The standard InChI is InChI=1S/C25H23NO4/c1-28-21-15-9-14-20(16-21)22-25(24(27)29-2,17-18-10-5-3-6-11-18)26-23(30-22)19-12-7-4-8-13-19/h3-16,22H,17H2,1-2H3/t22-,25-/m0/s1. The summed E-state index contributed by atoms with van der Waals surface area (Å²) in [6.45, 7) is 0. The number of hydrogen-bond acceptors (Lipinski definition) is 5. The van der Waals surface area contributed by atoms with E-state index in [1.165, 1.54) is 7.11 Å². The molecule has 2 atom stereocenters. The summed E-state index contributed by atoms with van der Waals surface area (Å²) in [6, 6.07) is 26.9. The Bertz CT molecular complexity index is 1050. The summed E-state index contributed by atoms with van der Waals surface area (Å²) >= 11 is 0. The molecule has 0 aliphatic carbocycles. The van der Waals surface area contributed by atoms with Gasteiger partial charge in [0.2, 0.25) is 11.4 Å². The van der Waals surface area contributed by atoms with Crippen LogP contribution in [0.1, 0.15) is 22.8 Å². The fourth-order valence-electron chi connectivity index (χ4n) is 3.78. The average Bonchev–Trinajstić information content (AvgIpc) is 3.20. The number of aliphatic imine (C=N–C) groups is 1. The maximum atomic E-state index is 13.2. The summed E-state index contributed by atoms with van der Waals surface area (Å²) in [7, 11) is 2.99. The molecule has 0 fully saturated rings. The largest absolute Gasteiger partial charge is 0.497 e. The summed E-state index contributed by atoms with van der Waals surface area (Å²) in [5, 5.41) is 0. The van der Waals surface area contributed by atoms with E-state index in [2.05, 4.69) is 0 Å². The third-order valence-corrected chi connectivity index (χ3v) is 5.24.